The zero-order valence-electron chi connectivity index (χ0n) is 10.5. The van der Waals surface area contributed by atoms with E-state index in [1.54, 1.807) is 0 Å². The lowest BCUT2D eigenvalue weighted by molar-refractivity contribution is 0.478. The molecule has 2 aromatic rings. The van der Waals surface area contributed by atoms with Gasteiger partial charge in [0.2, 0.25) is 0 Å². The minimum absolute atomic E-state index is 0.621. The molecule has 2 nitrogen and oxygen atoms in total. The summed E-state index contributed by atoms with van der Waals surface area (Å²) in [5, 5.41) is 3.75. The first-order chi connectivity index (χ1) is 8.70. The molecule has 2 rings (SSSR count). The van der Waals surface area contributed by atoms with Gasteiger partial charge in [0.05, 0.1) is 5.02 Å². The Balaban J connectivity index is 2.28. The number of aryl methyl sites for hydroxylation is 1. The van der Waals surface area contributed by atoms with Gasteiger partial charge in [-0.25, -0.2) is 0 Å². The van der Waals surface area contributed by atoms with Gasteiger partial charge in [0, 0.05) is 6.54 Å². The van der Waals surface area contributed by atoms with E-state index in [1.165, 1.54) is 5.56 Å². The summed E-state index contributed by atoms with van der Waals surface area (Å²) in [6.45, 7) is 2.84. The molecule has 0 radical (unpaired) electrons. The van der Waals surface area contributed by atoms with Gasteiger partial charge < -0.3 is 10.1 Å². The Morgan fingerprint density at radius 3 is 2.61 bits per heavy atom. The summed E-state index contributed by atoms with van der Waals surface area (Å²) in [6, 6.07) is 13.7. The summed E-state index contributed by atoms with van der Waals surface area (Å²) < 4.78 is 5.87. The van der Waals surface area contributed by atoms with Gasteiger partial charge in [-0.15, -0.1) is 0 Å². The molecule has 0 fully saturated rings. The van der Waals surface area contributed by atoms with Gasteiger partial charge in [-0.05, 0) is 43.3 Å². The third-order valence-corrected chi connectivity index (χ3v) is 3.00. The zero-order valence-corrected chi connectivity index (χ0v) is 11.3. The lowest BCUT2D eigenvalue weighted by Gasteiger charge is -2.11. The number of rotatable bonds is 4. The SMILES string of the molecule is CNCc1ccc(C)c(Oc2ccccc2Cl)c1. The zero-order chi connectivity index (χ0) is 13.0. The van der Waals surface area contributed by atoms with Crippen molar-refractivity contribution in [2.24, 2.45) is 0 Å². The molecule has 0 saturated carbocycles. The molecular weight excluding hydrogens is 246 g/mol. The average Bonchev–Trinajstić information content (AvgIpc) is 2.36. The quantitative estimate of drug-likeness (QED) is 0.892. The average molecular weight is 262 g/mol. The molecule has 0 amide bonds. The Morgan fingerprint density at radius 1 is 1.11 bits per heavy atom. The normalized spacial score (nSPS) is 10.4. The van der Waals surface area contributed by atoms with Crippen molar-refractivity contribution in [3.63, 3.8) is 0 Å². The highest BCUT2D eigenvalue weighted by atomic mass is 35.5. The number of ether oxygens (including phenoxy) is 1. The fourth-order valence-electron chi connectivity index (χ4n) is 1.71. The second kappa shape index (κ2) is 5.89. The molecule has 1 N–H and O–H groups in total. The number of hydrogen-bond acceptors (Lipinski definition) is 2. The summed E-state index contributed by atoms with van der Waals surface area (Å²) >= 11 is 6.09. The van der Waals surface area contributed by atoms with E-state index in [1.807, 2.05) is 44.3 Å². The van der Waals surface area contributed by atoms with Gasteiger partial charge in [-0.3, -0.25) is 0 Å². The predicted molar refractivity (Wildman–Crippen MR) is 75.5 cm³/mol. The van der Waals surface area contributed by atoms with E-state index in [4.69, 9.17) is 16.3 Å². The Bertz CT molecular complexity index is 540. The number of nitrogens with one attached hydrogen (secondary N) is 1. The lowest BCUT2D eigenvalue weighted by atomic mass is 10.1. The minimum atomic E-state index is 0.621. The molecule has 0 aromatic heterocycles. The fourth-order valence-corrected chi connectivity index (χ4v) is 1.89. The first-order valence-corrected chi connectivity index (χ1v) is 6.25. The van der Waals surface area contributed by atoms with Crippen molar-refractivity contribution < 1.29 is 4.74 Å². The summed E-state index contributed by atoms with van der Waals surface area (Å²) in [5.74, 6) is 1.53. The first kappa shape index (κ1) is 12.9. The van der Waals surface area contributed by atoms with E-state index in [0.29, 0.717) is 10.8 Å². The van der Waals surface area contributed by atoms with Gasteiger partial charge in [0.25, 0.3) is 0 Å². The van der Waals surface area contributed by atoms with Crippen LogP contribution in [0, 0.1) is 6.92 Å². The fraction of sp³-hybridized carbons (Fsp3) is 0.200. The van der Waals surface area contributed by atoms with Gasteiger partial charge >= 0.3 is 0 Å². The van der Waals surface area contributed by atoms with Crippen molar-refractivity contribution in [1.29, 1.82) is 0 Å². The van der Waals surface area contributed by atoms with Crippen LogP contribution in [0.15, 0.2) is 42.5 Å². The molecule has 0 aliphatic rings. The molecule has 0 atom stereocenters. The van der Waals surface area contributed by atoms with E-state index < -0.39 is 0 Å². The van der Waals surface area contributed by atoms with Crippen LogP contribution in [0.5, 0.6) is 11.5 Å². The van der Waals surface area contributed by atoms with Crippen molar-refractivity contribution in [3.8, 4) is 11.5 Å². The van der Waals surface area contributed by atoms with Gasteiger partial charge in [-0.2, -0.15) is 0 Å². The maximum absolute atomic E-state index is 6.09. The first-order valence-electron chi connectivity index (χ1n) is 5.87. The predicted octanol–water partition coefficient (Wildman–Crippen LogP) is 4.16. The molecule has 94 valence electrons. The van der Waals surface area contributed by atoms with E-state index >= 15 is 0 Å². The molecule has 0 saturated heterocycles. The summed E-state index contributed by atoms with van der Waals surface area (Å²) in [7, 11) is 1.93. The highest BCUT2D eigenvalue weighted by Crippen LogP contribution is 2.31. The molecule has 0 unspecified atom stereocenters. The van der Waals surface area contributed by atoms with Crippen LogP contribution in [0.25, 0.3) is 0 Å². The van der Waals surface area contributed by atoms with Gasteiger partial charge in [0.1, 0.15) is 11.5 Å². The summed E-state index contributed by atoms with van der Waals surface area (Å²) in [5.41, 5.74) is 2.28. The van der Waals surface area contributed by atoms with Crippen LogP contribution in [0.1, 0.15) is 11.1 Å². The number of para-hydroxylation sites is 1. The molecule has 0 heterocycles. The van der Waals surface area contributed by atoms with Crippen LogP contribution in [0.3, 0.4) is 0 Å². The Hall–Kier alpha value is -1.51. The van der Waals surface area contributed by atoms with Crippen LogP contribution >= 0.6 is 11.6 Å². The number of halogens is 1. The van der Waals surface area contributed by atoms with E-state index in [0.717, 1.165) is 17.9 Å². The molecule has 0 spiro atoms. The van der Waals surface area contributed by atoms with Crippen molar-refractivity contribution in [2.75, 3.05) is 7.05 Å². The van der Waals surface area contributed by atoms with E-state index in [-0.39, 0.29) is 0 Å². The molecule has 0 aliphatic heterocycles. The monoisotopic (exact) mass is 261 g/mol. The smallest absolute Gasteiger partial charge is 0.146 e. The lowest BCUT2D eigenvalue weighted by Crippen LogP contribution is -2.05. The maximum atomic E-state index is 6.09. The molecular formula is C15H16ClNO. The minimum Gasteiger partial charge on any atom is -0.456 e. The van der Waals surface area contributed by atoms with Crippen molar-refractivity contribution >= 4 is 11.6 Å². The van der Waals surface area contributed by atoms with Crippen LogP contribution in [0.2, 0.25) is 5.02 Å². The third kappa shape index (κ3) is 3.03. The van der Waals surface area contributed by atoms with Crippen LogP contribution < -0.4 is 10.1 Å². The third-order valence-electron chi connectivity index (χ3n) is 2.69. The second-order valence-corrected chi connectivity index (χ2v) is 4.57. The molecule has 2 aromatic carbocycles. The van der Waals surface area contributed by atoms with Crippen molar-refractivity contribution in [3.05, 3.63) is 58.6 Å². The molecule has 18 heavy (non-hydrogen) atoms. The Kier molecular flexibility index (Phi) is 4.24. The molecule has 0 aliphatic carbocycles. The van der Waals surface area contributed by atoms with Crippen molar-refractivity contribution in [2.45, 2.75) is 13.5 Å². The summed E-state index contributed by atoms with van der Waals surface area (Å²) in [6.07, 6.45) is 0. The number of hydrogen-bond donors (Lipinski definition) is 1. The second-order valence-electron chi connectivity index (χ2n) is 4.16. The Morgan fingerprint density at radius 2 is 1.89 bits per heavy atom. The summed E-state index contributed by atoms with van der Waals surface area (Å²) in [4.78, 5) is 0. The number of benzene rings is 2. The van der Waals surface area contributed by atoms with Crippen LogP contribution in [-0.2, 0) is 6.54 Å². The maximum Gasteiger partial charge on any atom is 0.146 e. The topological polar surface area (TPSA) is 21.3 Å². The largest absolute Gasteiger partial charge is 0.456 e. The van der Waals surface area contributed by atoms with E-state index in [2.05, 4.69) is 17.4 Å². The standard InChI is InChI=1S/C15H16ClNO/c1-11-7-8-12(10-17-2)9-15(11)18-14-6-4-3-5-13(14)16/h3-9,17H,10H2,1-2H3. The molecule has 3 heteroatoms. The van der Waals surface area contributed by atoms with Crippen molar-refractivity contribution in [1.82, 2.24) is 5.32 Å². The molecule has 0 bridgehead atoms. The highest BCUT2D eigenvalue weighted by molar-refractivity contribution is 6.32. The Labute approximate surface area is 113 Å². The van der Waals surface area contributed by atoms with Gasteiger partial charge in [-0.1, -0.05) is 35.9 Å². The highest BCUT2D eigenvalue weighted by Gasteiger charge is 2.05. The van der Waals surface area contributed by atoms with Gasteiger partial charge in [0.15, 0.2) is 0 Å². The van der Waals surface area contributed by atoms with E-state index in [9.17, 15) is 0 Å². The van der Waals surface area contributed by atoms with Crippen LogP contribution in [-0.4, -0.2) is 7.05 Å². The van der Waals surface area contributed by atoms with Crippen LogP contribution in [0.4, 0.5) is 0 Å².